The Morgan fingerprint density at radius 2 is 1.56 bits per heavy atom. The lowest BCUT2D eigenvalue weighted by Gasteiger charge is -2.38. The highest BCUT2D eigenvalue weighted by atomic mass is 16.5. The lowest BCUT2D eigenvalue weighted by atomic mass is 9.76. The Hall–Kier alpha value is -0.380. The van der Waals surface area contributed by atoms with Crippen molar-refractivity contribution < 1.29 is 14.9 Å². The van der Waals surface area contributed by atoms with Gasteiger partial charge in [0.2, 0.25) is 0 Å². The van der Waals surface area contributed by atoms with Crippen molar-refractivity contribution in [3.8, 4) is 0 Å². The lowest BCUT2D eigenvalue weighted by molar-refractivity contribution is -0.0123. The van der Waals surface area contributed by atoms with Crippen LogP contribution in [0.5, 0.6) is 0 Å². The molecule has 2 N–H and O–H groups in total. The zero-order chi connectivity index (χ0) is 25.6. The van der Waals surface area contributed by atoms with Crippen LogP contribution in [0.25, 0.3) is 0 Å². The van der Waals surface area contributed by atoms with E-state index in [9.17, 15) is 10.2 Å². The third-order valence-corrected chi connectivity index (χ3v) is 8.33. The minimum Gasteiger partial charge on any atom is -0.390 e. The maximum Gasteiger partial charge on any atom is 0.0815 e. The van der Waals surface area contributed by atoms with Crippen LogP contribution in [0.1, 0.15) is 132 Å². The summed E-state index contributed by atoms with van der Waals surface area (Å²) in [6.07, 6.45) is 18.8. The largest absolute Gasteiger partial charge is 0.390 e. The molecule has 0 saturated heterocycles. The molecule has 3 nitrogen and oxygen atoms in total. The molecule has 7 atom stereocenters. The summed E-state index contributed by atoms with van der Waals surface area (Å²) in [5.41, 5.74) is 0.773. The zero-order valence-corrected chi connectivity index (χ0v) is 23.8. The van der Waals surface area contributed by atoms with Gasteiger partial charge in [-0.2, -0.15) is 13.3 Å². The van der Waals surface area contributed by atoms with Crippen LogP contribution in [0.2, 0.25) is 0 Å². The fourth-order valence-corrected chi connectivity index (χ4v) is 5.39. The van der Waals surface area contributed by atoms with Gasteiger partial charge in [0.15, 0.2) is 0 Å². The molecule has 202 valence electrons. The summed E-state index contributed by atoms with van der Waals surface area (Å²) in [6.45, 7) is 16.2. The monoisotopic (exact) mass is 479 g/mol. The molecule has 0 heterocycles. The van der Waals surface area contributed by atoms with Crippen molar-refractivity contribution in [3.05, 3.63) is 18.1 Å². The number of aliphatic hydroxyl groups excluding tert-OH is 1. The first kappa shape index (κ1) is 31.6. The molecule has 1 rings (SSSR count). The van der Waals surface area contributed by atoms with Crippen LogP contribution in [0.3, 0.4) is 0 Å². The first-order valence-electron chi connectivity index (χ1n) is 14.6. The minimum atomic E-state index is -0.531. The number of unbranched alkanes of at least 4 members (excludes halogenated alkanes) is 3. The van der Waals surface area contributed by atoms with E-state index < -0.39 is 5.60 Å². The molecule has 0 fully saturated rings. The van der Waals surface area contributed by atoms with Crippen LogP contribution >= 0.6 is 0 Å². The fourth-order valence-electron chi connectivity index (χ4n) is 5.39. The highest BCUT2D eigenvalue weighted by molar-refractivity contribution is 5.18. The molecule has 0 aromatic rings. The van der Waals surface area contributed by atoms with E-state index in [1.165, 1.54) is 31.3 Å². The Kier molecular flexibility index (Phi) is 16.0. The molecule has 1 aliphatic carbocycles. The molecule has 34 heavy (non-hydrogen) atoms. The van der Waals surface area contributed by atoms with E-state index in [2.05, 4.69) is 54.0 Å². The average molecular weight is 480 g/mol. The van der Waals surface area contributed by atoms with Crippen LogP contribution in [-0.2, 0) is 4.74 Å². The van der Waals surface area contributed by atoms with Gasteiger partial charge in [-0.15, -0.1) is 0 Å². The summed E-state index contributed by atoms with van der Waals surface area (Å²) in [4.78, 5) is 0. The second-order valence-corrected chi connectivity index (χ2v) is 12.0. The predicted molar refractivity (Wildman–Crippen MR) is 147 cm³/mol. The highest BCUT2D eigenvalue weighted by Crippen LogP contribution is 2.35. The highest BCUT2D eigenvalue weighted by Gasteiger charge is 2.34. The van der Waals surface area contributed by atoms with Gasteiger partial charge in [0, 0.05) is 6.61 Å². The average Bonchev–Trinajstić information content (AvgIpc) is 2.77. The Bertz CT molecular complexity index is 541. The Morgan fingerprint density at radius 1 is 0.971 bits per heavy atom. The summed E-state index contributed by atoms with van der Waals surface area (Å²) in [6, 6.07) is 0. The molecule has 0 bridgehead atoms. The van der Waals surface area contributed by atoms with E-state index in [1.54, 1.807) is 0 Å². The number of rotatable bonds is 19. The number of hydrogen-bond acceptors (Lipinski definition) is 3. The molecule has 0 saturated carbocycles. The van der Waals surface area contributed by atoms with Gasteiger partial charge in [-0.1, -0.05) is 85.6 Å². The summed E-state index contributed by atoms with van der Waals surface area (Å²) >= 11 is 0. The van der Waals surface area contributed by atoms with Crippen molar-refractivity contribution >= 4 is 0 Å². The van der Waals surface area contributed by atoms with Crippen LogP contribution in [0.15, 0.2) is 11.6 Å². The Morgan fingerprint density at radius 3 is 2.15 bits per heavy atom. The molecule has 0 amide bonds. The van der Waals surface area contributed by atoms with Gasteiger partial charge in [0.05, 0.1) is 17.8 Å². The van der Waals surface area contributed by atoms with E-state index in [0.29, 0.717) is 11.8 Å². The van der Waals surface area contributed by atoms with Crippen molar-refractivity contribution in [3.63, 3.8) is 0 Å². The van der Waals surface area contributed by atoms with Gasteiger partial charge in [-0.3, -0.25) is 0 Å². The van der Waals surface area contributed by atoms with Crippen molar-refractivity contribution in [1.82, 2.24) is 0 Å². The van der Waals surface area contributed by atoms with Crippen molar-refractivity contribution in [2.45, 2.75) is 150 Å². The molecular weight excluding hydrogens is 420 g/mol. The predicted octanol–water partition coefficient (Wildman–Crippen LogP) is 8.28. The molecule has 3 heteroatoms. The van der Waals surface area contributed by atoms with Gasteiger partial charge >= 0.3 is 0 Å². The van der Waals surface area contributed by atoms with Crippen LogP contribution < -0.4 is 0 Å². The van der Waals surface area contributed by atoms with E-state index >= 15 is 0 Å². The van der Waals surface area contributed by atoms with E-state index in [1.807, 2.05) is 6.92 Å². The molecule has 0 radical (unpaired) electrons. The smallest absolute Gasteiger partial charge is 0.0815 e. The van der Waals surface area contributed by atoms with Crippen LogP contribution in [-0.4, -0.2) is 34.6 Å². The van der Waals surface area contributed by atoms with Crippen LogP contribution in [0.4, 0.5) is 0 Å². The van der Waals surface area contributed by atoms with Gasteiger partial charge in [-0.05, 0) is 68.3 Å². The third kappa shape index (κ3) is 12.5. The molecule has 0 aromatic heterocycles. The van der Waals surface area contributed by atoms with Crippen molar-refractivity contribution in [2.24, 2.45) is 23.7 Å². The second kappa shape index (κ2) is 17.1. The molecule has 0 spiro atoms. The number of aliphatic hydroxyl groups is 2. The lowest BCUT2D eigenvalue weighted by Crippen LogP contribution is -2.39. The summed E-state index contributed by atoms with van der Waals surface area (Å²) < 4.78 is 6.29. The van der Waals surface area contributed by atoms with Crippen molar-refractivity contribution in [1.29, 1.82) is 0 Å². The van der Waals surface area contributed by atoms with E-state index in [4.69, 9.17) is 4.74 Å². The maximum atomic E-state index is 10.9. The van der Waals surface area contributed by atoms with Gasteiger partial charge < -0.3 is 21.4 Å². The fraction of sp³-hybridized carbons (Fsp3) is 0.903. The minimum absolute atomic E-state index is 0.153. The Labute approximate surface area is 213 Å². The Balaban J connectivity index is 2.36. The second-order valence-electron chi connectivity index (χ2n) is 12.0. The summed E-state index contributed by atoms with van der Waals surface area (Å²) in [5.74, 6) is 1.98. The standard InChI is InChI=1S/C31H59O3/c1-8-10-12-15-24(3)16-13-20-31(7,33)21-14-17-25(4)18-19-28-23-29(32)26(5)27(6)30(28)34-22-11-9-2/h8,23-27,29-30,32-33H,9-22H2,1-7H3/q-1. The van der Waals surface area contributed by atoms with Gasteiger partial charge in [-0.25, -0.2) is 0 Å². The van der Waals surface area contributed by atoms with Crippen LogP contribution in [0, 0.1) is 30.1 Å². The van der Waals surface area contributed by atoms with Gasteiger partial charge in [0.1, 0.15) is 0 Å². The molecule has 1 aliphatic rings. The quantitative estimate of drug-likeness (QED) is 0.111. The topological polar surface area (TPSA) is 49.7 Å². The SMILES string of the molecule is C[CH-]CCCC(C)CCCC(C)(O)CCCC(C)CCC1=CC(O)C(C)C(C)C1OCCCC. The summed E-state index contributed by atoms with van der Waals surface area (Å²) in [7, 11) is 0. The first-order valence-corrected chi connectivity index (χ1v) is 14.6. The summed E-state index contributed by atoms with van der Waals surface area (Å²) in [5, 5.41) is 21.4. The van der Waals surface area contributed by atoms with E-state index in [0.717, 1.165) is 70.3 Å². The normalized spacial score (nSPS) is 26.7. The van der Waals surface area contributed by atoms with Gasteiger partial charge in [0.25, 0.3) is 0 Å². The zero-order valence-electron chi connectivity index (χ0n) is 23.8. The number of hydrogen-bond donors (Lipinski definition) is 2. The van der Waals surface area contributed by atoms with Crippen molar-refractivity contribution in [2.75, 3.05) is 6.61 Å². The molecule has 0 aliphatic heterocycles. The molecular formula is C31H59O3-. The molecule has 7 unspecified atom stereocenters. The maximum absolute atomic E-state index is 10.9. The first-order chi connectivity index (χ1) is 16.1. The third-order valence-electron chi connectivity index (χ3n) is 8.33. The molecule has 0 aromatic carbocycles. The van der Waals surface area contributed by atoms with E-state index in [-0.39, 0.29) is 18.1 Å². The number of ether oxygens (including phenoxy) is 1.